The second-order valence-electron chi connectivity index (χ2n) is 14.2. The average Bonchev–Trinajstić information content (AvgIpc) is 3.69. The molecule has 6 atom stereocenters. The predicted molar refractivity (Wildman–Crippen MR) is 168 cm³/mol. The zero-order valence-corrected chi connectivity index (χ0v) is 26.4. The highest BCUT2D eigenvalue weighted by Crippen LogP contribution is 2.54. The van der Waals surface area contributed by atoms with Gasteiger partial charge >= 0.3 is 5.97 Å². The number of amides is 1. The Balaban J connectivity index is 1.57. The lowest BCUT2D eigenvalue weighted by Gasteiger charge is -2.35. The van der Waals surface area contributed by atoms with E-state index in [9.17, 15) is 14.7 Å². The number of ether oxygens (including phenoxy) is 1. The standard InChI is InChI=1S/C36H45N3O4/c1-35(2,3)25-13-14-28(43-7)24(19-25)21-38-30-29(36(4,5)6)32(34(41)42)39(31(30)23-11-9-8-10-12-23)33(40)27-20-26(27)22-15-17-37-18-16-22/h8-19,26-27,29-32,38H,20-21H2,1-7H3,(H,41,42)/t26?,27?,29-,30-,31-,32-/m0/s1. The van der Waals surface area contributed by atoms with Gasteiger partial charge in [0.1, 0.15) is 11.8 Å². The summed E-state index contributed by atoms with van der Waals surface area (Å²) in [5, 5.41) is 14.6. The van der Waals surface area contributed by atoms with Crippen molar-refractivity contribution >= 4 is 11.9 Å². The maximum Gasteiger partial charge on any atom is 0.326 e. The van der Waals surface area contributed by atoms with Crippen molar-refractivity contribution in [3.8, 4) is 5.75 Å². The van der Waals surface area contributed by atoms with Gasteiger partial charge in [-0.05, 0) is 58.1 Å². The molecule has 7 nitrogen and oxygen atoms in total. The molecule has 1 saturated heterocycles. The molecule has 1 aliphatic heterocycles. The number of likely N-dealkylation sites (tertiary alicyclic amines) is 1. The van der Waals surface area contributed by atoms with E-state index in [4.69, 9.17) is 4.74 Å². The molecule has 2 N–H and O–H groups in total. The van der Waals surface area contributed by atoms with Gasteiger partial charge in [0.25, 0.3) is 0 Å². The number of carboxylic acid groups (broad SMARTS) is 1. The molecule has 5 rings (SSSR count). The zero-order valence-electron chi connectivity index (χ0n) is 26.4. The molecule has 2 fully saturated rings. The molecular weight excluding hydrogens is 538 g/mol. The Kier molecular flexibility index (Phi) is 8.41. The summed E-state index contributed by atoms with van der Waals surface area (Å²) in [7, 11) is 1.67. The van der Waals surface area contributed by atoms with E-state index in [-0.39, 0.29) is 35.1 Å². The van der Waals surface area contributed by atoms with Crippen molar-refractivity contribution in [1.82, 2.24) is 15.2 Å². The molecule has 43 heavy (non-hydrogen) atoms. The van der Waals surface area contributed by atoms with Crippen LogP contribution in [0.3, 0.4) is 0 Å². The second kappa shape index (κ2) is 11.8. The highest BCUT2D eigenvalue weighted by atomic mass is 16.5. The Morgan fingerprint density at radius 1 is 0.977 bits per heavy atom. The lowest BCUT2D eigenvalue weighted by Crippen LogP contribution is -2.48. The number of carboxylic acids is 1. The summed E-state index contributed by atoms with van der Waals surface area (Å²) in [5.74, 6) is -0.804. The summed E-state index contributed by atoms with van der Waals surface area (Å²) < 4.78 is 5.74. The van der Waals surface area contributed by atoms with E-state index in [1.807, 2.05) is 48.5 Å². The maximum atomic E-state index is 14.4. The predicted octanol–water partition coefficient (Wildman–Crippen LogP) is 6.35. The van der Waals surface area contributed by atoms with Crippen molar-refractivity contribution in [2.24, 2.45) is 17.3 Å². The smallest absolute Gasteiger partial charge is 0.326 e. The molecule has 1 saturated carbocycles. The van der Waals surface area contributed by atoms with Crippen molar-refractivity contribution in [3.05, 3.63) is 95.3 Å². The third-order valence-corrected chi connectivity index (χ3v) is 9.23. The number of benzene rings is 2. The normalized spacial score (nSPS) is 25.4. The average molecular weight is 584 g/mol. The lowest BCUT2D eigenvalue weighted by atomic mass is 9.72. The lowest BCUT2D eigenvalue weighted by molar-refractivity contribution is -0.152. The number of methoxy groups -OCH3 is 1. The first-order chi connectivity index (χ1) is 20.3. The third-order valence-electron chi connectivity index (χ3n) is 9.23. The van der Waals surface area contributed by atoms with Crippen LogP contribution in [0.1, 0.15) is 82.2 Å². The highest BCUT2D eigenvalue weighted by molar-refractivity contribution is 5.89. The van der Waals surface area contributed by atoms with E-state index >= 15 is 0 Å². The van der Waals surface area contributed by atoms with Crippen LogP contribution in [0.2, 0.25) is 0 Å². The largest absolute Gasteiger partial charge is 0.496 e. The van der Waals surface area contributed by atoms with E-state index in [2.05, 4.69) is 64.0 Å². The quantitative estimate of drug-likeness (QED) is 0.321. The van der Waals surface area contributed by atoms with Crippen LogP contribution in [0.4, 0.5) is 0 Å². The Labute approximate surface area is 255 Å². The molecule has 0 spiro atoms. The van der Waals surface area contributed by atoms with Crippen LogP contribution < -0.4 is 10.1 Å². The first kappa shape index (κ1) is 30.7. The van der Waals surface area contributed by atoms with Gasteiger partial charge in [0, 0.05) is 42.4 Å². The molecule has 1 amide bonds. The maximum absolute atomic E-state index is 14.4. The van der Waals surface area contributed by atoms with Gasteiger partial charge in [-0.25, -0.2) is 4.79 Å². The van der Waals surface area contributed by atoms with Crippen molar-refractivity contribution in [3.63, 3.8) is 0 Å². The Hall–Kier alpha value is -3.71. The number of pyridine rings is 1. The fraction of sp³-hybridized carbons (Fsp3) is 0.472. The number of carbonyl (C=O) groups excluding carboxylic acids is 1. The van der Waals surface area contributed by atoms with E-state index in [1.165, 1.54) is 5.56 Å². The monoisotopic (exact) mass is 583 g/mol. The molecule has 0 bridgehead atoms. The topological polar surface area (TPSA) is 91.8 Å². The number of nitrogens with one attached hydrogen (secondary N) is 1. The van der Waals surface area contributed by atoms with Gasteiger partial charge in [-0.15, -0.1) is 0 Å². The molecule has 1 aromatic heterocycles. The van der Waals surface area contributed by atoms with Gasteiger partial charge in [-0.2, -0.15) is 0 Å². The molecular formula is C36H45N3O4. The molecule has 2 aromatic carbocycles. The molecule has 228 valence electrons. The van der Waals surface area contributed by atoms with Gasteiger partial charge in [0.05, 0.1) is 13.2 Å². The molecule has 7 heteroatoms. The van der Waals surface area contributed by atoms with Crippen LogP contribution in [-0.4, -0.2) is 46.1 Å². The first-order valence-electron chi connectivity index (χ1n) is 15.2. The van der Waals surface area contributed by atoms with Gasteiger partial charge < -0.3 is 20.1 Å². The fourth-order valence-electron chi connectivity index (χ4n) is 6.98. The summed E-state index contributed by atoms with van der Waals surface area (Å²) in [5.41, 5.74) is 3.76. The van der Waals surface area contributed by atoms with Gasteiger partial charge in [0.2, 0.25) is 5.91 Å². The summed E-state index contributed by atoms with van der Waals surface area (Å²) in [4.78, 5) is 33.4. The highest BCUT2D eigenvalue weighted by Gasteiger charge is 2.60. The van der Waals surface area contributed by atoms with Crippen LogP contribution >= 0.6 is 0 Å². The molecule has 2 heterocycles. The second-order valence-corrected chi connectivity index (χ2v) is 14.2. The number of rotatable bonds is 8. The van der Waals surface area contributed by atoms with Gasteiger partial charge in [0.15, 0.2) is 0 Å². The number of nitrogens with zero attached hydrogens (tertiary/aromatic N) is 2. The minimum absolute atomic E-state index is 0.0395. The van der Waals surface area contributed by atoms with Crippen LogP contribution in [0.25, 0.3) is 0 Å². The number of aromatic nitrogens is 1. The van der Waals surface area contributed by atoms with E-state index < -0.39 is 23.5 Å². The number of hydrogen-bond donors (Lipinski definition) is 2. The summed E-state index contributed by atoms with van der Waals surface area (Å²) in [6.45, 7) is 13.3. The molecule has 2 aliphatic rings. The minimum Gasteiger partial charge on any atom is -0.496 e. The Bertz CT molecular complexity index is 1440. The molecule has 1 aliphatic carbocycles. The minimum atomic E-state index is -0.975. The van der Waals surface area contributed by atoms with Gasteiger partial charge in [-0.3, -0.25) is 9.78 Å². The zero-order chi connectivity index (χ0) is 31.1. The van der Waals surface area contributed by atoms with Crippen molar-refractivity contribution in [2.75, 3.05) is 7.11 Å². The Morgan fingerprint density at radius 2 is 1.65 bits per heavy atom. The van der Waals surface area contributed by atoms with Crippen molar-refractivity contribution < 1.29 is 19.4 Å². The van der Waals surface area contributed by atoms with Crippen LogP contribution in [-0.2, 0) is 21.5 Å². The van der Waals surface area contributed by atoms with E-state index in [0.717, 1.165) is 22.4 Å². The summed E-state index contributed by atoms with van der Waals surface area (Å²) in [6.07, 6.45) is 4.20. The van der Waals surface area contributed by atoms with Crippen molar-refractivity contribution in [2.45, 2.75) is 84.0 Å². The summed E-state index contributed by atoms with van der Waals surface area (Å²) >= 11 is 0. The fourth-order valence-corrected chi connectivity index (χ4v) is 6.98. The summed E-state index contributed by atoms with van der Waals surface area (Å²) in [6, 6.07) is 18.3. The number of carbonyl (C=O) groups is 2. The third kappa shape index (κ3) is 6.19. The van der Waals surface area contributed by atoms with Crippen LogP contribution in [0.15, 0.2) is 73.1 Å². The Morgan fingerprint density at radius 3 is 2.23 bits per heavy atom. The SMILES string of the molecule is COc1ccc(C(C)(C)C)cc1CN[C@H]1[C@H](C(C)(C)C)[C@@H](C(=O)O)N(C(=O)C2CC2c2ccncc2)[C@H]1c1ccccc1. The molecule has 2 unspecified atom stereocenters. The van der Waals surface area contributed by atoms with Crippen molar-refractivity contribution in [1.29, 1.82) is 0 Å². The number of aliphatic carboxylic acids is 1. The van der Waals surface area contributed by atoms with Crippen LogP contribution in [0.5, 0.6) is 5.75 Å². The van der Waals surface area contributed by atoms with E-state index in [0.29, 0.717) is 13.0 Å². The van der Waals surface area contributed by atoms with Gasteiger partial charge in [-0.1, -0.05) is 84.0 Å². The molecule has 3 aromatic rings. The number of hydrogen-bond acceptors (Lipinski definition) is 5. The van der Waals surface area contributed by atoms with E-state index in [1.54, 1.807) is 24.4 Å². The molecule has 0 radical (unpaired) electrons. The van der Waals surface area contributed by atoms with Crippen LogP contribution in [0, 0.1) is 17.3 Å². The first-order valence-corrected chi connectivity index (χ1v) is 15.2.